The van der Waals surface area contributed by atoms with Crippen molar-refractivity contribution < 1.29 is 9.59 Å². The minimum Gasteiger partial charge on any atom is -0.347 e. The first-order valence-electron chi connectivity index (χ1n) is 7.31. The van der Waals surface area contributed by atoms with Crippen LogP contribution in [0.1, 0.15) is 22.5 Å². The van der Waals surface area contributed by atoms with Crippen LogP contribution in [0, 0.1) is 6.92 Å². The first-order chi connectivity index (χ1) is 11.0. The number of hydrogen-bond acceptors (Lipinski definition) is 3. The Bertz CT molecular complexity index is 771. The van der Waals surface area contributed by atoms with Gasteiger partial charge >= 0.3 is 0 Å². The second-order valence-corrected chi connectivity index (χ2v) is 6.06. The largest absolute Gasteiger partial charge is 0.347 e. The zero-order valence-electron chi connectivity index (χ0n) is 12.9. The monoisotopic (exact) mass is 332 g/mol. The summed E-state index contributed by atoms with van der Waals surface area (Å²) in [5.74, 6) is -0.187. The number of likely N-dealkylation sites (N-methyl/N-ethyl adjacent to an activating group) is 1. The maximum absolute atomic E-state index is 12.4. The summed E-state index contributed by atoms with van der Waals surface area (Å²) in [5, 5.41) is 7.72. The van der Waals surface area contributed by atoms with Crippen LogP contribution < -0.4 is 5.32 Å². The number of carbonyl (C=O) groups excluding carboxylic acids is 2. The van der Waals surface area contributed by atoms with E-state index < -0.39 is 0 Å². The quantitative estimate of drug-likeness (QED) is 0.932. The van der Waals surface area contributed by atoms with Gasteiger partial charge in [-0.1, -0.05) is 23.7 Å². The normalized spacial score (nSPS) is 17.6. The molecule has 1 N–H and O–H groups in total. The Kier molecular flexibility index (Phi) is 4.09. The number of nitrogens with one attached hydrogen (secondary N) is 1. The fourth-order valence-electron chi connectivity index (χ4n) is 2.72. The molecule has 23 heavy (non-hydrogen) atoms. The van der Waals surface area contributed by atoms with Gasteiger partial charge in [0.05, 0.1) is 34.2 Å². The molecule has 1 aliphatic heterocycles. The Balaban J connectivity index is 1.81. The zero-order valence-corrected chi connectivity index (χ0v) is 13.7. The predicted molar refractivity (Wildman–Crippen MR) is 86.8 cm³/mol. The van der Waals surface area contributed by atoms with Gasteiger partial charge in [0.25, 0.3) is 5.91 Å². The van der Waals surface area contributed by atoms with Crippen LogP contribution in [-0.2, 0) is 4.79 Å². The second kappa shape index (κ2) is 6.04. The summed E-state index contributed by atoms with van der Waals surface area (Å²) in [4.78, 5) is 25.6. The molecule has 0 bridgehead atoms. The van der Waals surface area contributed by atoms with Gasteiger partial charge in [0.15, 0.2) is 0 Å². The summed E-state index contributed by atoms with van der Waals surface area (Å²) in [7, 11) is 1.73. The Hall–Kier alpha value is -2.34. The van der Waals surface area contributed by atoms with Crippen molar-refractivity contribution in [3.05, 3.63) is 46.7 Å². The van der Waals surface area contributed by atoms with Crippen LogP contribution >= 0.6 is 11.6 Å². The lowest BCUT2D eigenvalue weighted by molar-refractivity contribution is -0.126. The number of amides is 2. The number of carbonyl (C=O) groups is 2. The average Bonchev–Trinajstić information content (AvgIpc) is 3.03. The summed E-state index contributed by atoms with van der Waals surface area (Å²) in [6.07, 6.45) is 1.86. The van der Waals surface area contributed by atoms with E-state index in [0.717, 1.165) is 5.69 Å². The number of aromatic nitrogens is 2. The van der Waals surface area contributed by atoms with Crippen LogP contribution in [0.4, 0.5) is 0 Å². The number of para-hydroxylation sites is 1. The molecule has 2 amide bonds. The molecular formula is C16H17ClN4O2. The van der Waals surface area contributed by atoms with E-state index in [0.29, 0.717) is 29.2 Å². The maximum Gasteiger partial charge on any atom is 0.255 e. The lowest BCUT2D eigenvalue weighted by atomic mass is 10.2. The number of likely N-dealkylation sites (tertiary alicyclic amines) is 1. The van der Waals surface area contributed by atoms with Crippen LogP contribution in [0.3, 0.4) is 0 Å². The van der Waals surface area contributed by atoms with Gasteiger partial charge in [-0.3, -0.25) is 9.59 Å². The molecular weight excluding hydrogens is 316 g/mol. The summed E-state index contributed by atoms with van der Waals surface area (Å²) in [6.45, 7) is 2.35. The molecule has 1 fully saturated rings. The molecule has 1 aliphatic rings. The highest BCUT2D eigenvalue weighted by Gasteiger charge is 2.29. The molecule has 0 unspecified atom stereocenters. The van der Waals surface area contributed by atoms with Gasteiger partial charge in [-0.15, -0.1) is 0 Å². The molecule has 0 radical (unpaired) electrons. The molecule has 6 nitrogen and oxygen atoms in total. The summed E-state index contributed by atoms with van der Waals surface area (Å²) in [5.41, 5.74) is 1.90. The molecule has 1 aromatic heterocycles. The Morgan fingerprint density at radius 1 is 1.39 bits per heavy atom. The van der Waals surface area contributed by atoms with E-state index in [1.807, 2.05) is 25.1 Å². The number of rotatable bonds is 3. The van der Waals surface area contributed by atoms with Crippen molar-refractivity contribution >= 4 is 23.4 Å². The van der Waals surface area contributed by atoms with Gasteiger partial charge in [-0.25, -0.2) is 4.68 Å². The van der Waals surface area contributed by atoms with Crippen LogP contribution in [0.25, 0.3) is 5.69 Å². The molecule has 1 atom stereocenters. The van der Waals surface area contributed by atoms with Gasteiger partial charge in [0.1, 0.15) is 0 Å². The van der Waals surface area contributed by atoms with E-state index in [1.54, 1.807) is 22.7 Å². The highest BCUT2D eigenvalue weighted by atomic mass is 35.5. The molecule has 0 aliphatic carbocycles. The standard InChI is InChI=1S/C16H17ClN4O2/c1-10-12(16(23)19-11-7-15(22)20(2)9-11)8-18-21(10)14-6-4-3-5-13(14)17/h3-6,8,11H,7,9H2,1-2H3,(H,19,23)/t11-/m1/s1. The molecule has 2 aromatic rings. The molecule has 7 heteroatoms. The first-order valence-corrected chi connectivity index (χ1v) is 7.69. The number of halogens is 1. The molecule has 120 valence electrons. The molecule has 0 saturated carbocycles. The lowest BCUT2D eigenvalue weighted by Crippen LogP contribution is -2.36. The van der Waals surface area contributed by atoms with Crippen molar-refractivity contribution in [3.63, 3.8) is 0 Å². The molecule has 0 spiro atoms. The van der Waals surface area contributed by atoms with E-state index in [2.05, 4.69) is 10.4 Å². The van der Waals surface area contributed by atoms with Crippen molar-refractivity contribution in [2.75, 3.05) is 13.6 Å². The van der Waals surface area contributed by atoms with Crippen molar-refractivity contribution in [1.29, 1.82) is 0 Å². The smallest absolute Gasteiger partial charge is 0.255 e. The van der Waals surface area contributed by atoms with E-state index in [4.69, 9.17) is 11.6 Å². The van der Waals surface area contributed by atoms with Gasteiger partial charge in [0, 0.05) is 20.0 Å². The molecule has 1 aromatic carbocycles. The highest BCUT2D eigenvalue weighted by Crippen LogP contribution is 2.22. The van der Waals surface area contributed by atoms with Crippen LogP contribution in [0.2, 0.25) is 5.02 Å². The van der Waals surface area contributed by atoms with Crippen LogP contribution in [-0.4, -0.2) is 46.1 Å². The SMILES string of the molecule is Cc1c(C(=O)N[C@@H]2CC(=O)N(C)C2)cnn1-c1ccccc1Cl. The van der Waals surface area contributed by atoms with Crippen molar-refractivity contribution in [2.45, 2.75) is 19.4 Å². The predicted octanol–water partition coefficient (Wildman–Crippen LogP) is 1.79. The highest BCUT2D eigenvalue weighted by molar-refractivity contribution is 6.32. The topological polar surface area (TPSA) is 67.2 Å². The molecule has 1 saturated heterocycles. The lowest BCUT2D eigenvalue weighted by Gasteiger charge is -2.12. The van der Waals surface area contributed by atoms with E-state index in [-0.39, 0.29) is 17.9 Å². The van der Waals surface area contributed by atoms with Crippen LogP contribution in [0.5, 0.6) is 0 Å². The Morgan fingerprint density at radius 2 is 2.13 bits per heavy atom. The fraction of sp³-hybridized carbons (Fsp3) is 0.312. The summed E-state index contributed by atoms with van der Waals surface area (Å²) < 4.78 is 1.64. The second-order valence-electron chi connectivity index (χ2n) is 5.66. The van der Waals surface area contributed by atoms with Gasteiger partial charge in [-0.05, 0) is 19.1 Å². The van der Waals surface area contributed by atoms with Crippen molar-refractivity contribution in [1.82, 2.24) is 20.0 Å². The van der Waals surface area contributed by atoms with E-state index in [9.17, 15) is 9.59 Å². The maximum atomic E-state index is 12.4. The van der Waals surface area contributed by atoms with Gasteiger partial charge < -0.3 is 10.2 Å². The van der Waals surface area contributed by atoms with E-state index >= 15 is 0 Å². The van der Waals surface area contributed by atoms with Gasteiger partial charge in [0.2, 0.25) is 5.91 Å². The zero-order chi connectivity index (χ0) is 16.6. The van der Waals surface area contributed by atoms with Crippen molar-refractivity contribution in [2.24, 2.45) is 0 Å². The molecule has 3 rings (SSSR count). The minimum atomic E-state index is -0.228. The molecule has 2 heterocycles. The summed E-state index contributed by atoms with van der Waals surface area (Å²) >= 11 is 6.18. The number of nitrogens with zero attached hydrogens (tertiary/aromatic N) is 3. The number of hydrogen-bond donors (Lipinski definition) is 1. The minimum absolute atomic E-state index is 0.0405. The van der Waals surface area contributed by atoms with Gasteiger partial charge in [-0.2, -0.15) is 5.10 Å². The third kappa shape index (κ3) is 2.94. The fourth-order valence-corrected chi connectivity index (χ4v) is 2.94. The Morgan fingerprint density at radius 3 is 2.78 bits per heavy atom. The van der Waals surface area contributed by atoms with E-state index in [1.165, 1.54) is 6.20 Å². The first kappa shape index (κ1) is 15.6. The summed E-state index contributed by atoms with van der Waals surface area (Å²) in [6, 6.07) is 7.16. The Labute approximate surface area is 139 Å². The third-order valence-corrected chi connectivity index (χ3v) is 4.33. The average molecular weight is 333 g/mol. The third-order valence-electron chi connectivity index (χ3n) is 4.01. The van der Waals surface area contributed by atoms with Crippen LogP contribution in [0.15, 0.2) is 30.5 Å². The number of benzene rings is 1. The van der Waals surface area contributed by atoms with Crippen molar-refractivity contribution in [3.8, 4) is 5.69 Å².